The number of esters is 1. The monoisotopic (exact) mass is 397 g/mol. The zero-order valence-corrected chi connectivity index (χ0v) is 15.1. The Morgan fingerprint density at radius 1 is 1.29 bits per heavy atom. The smallest absolute Gasteiger partial charge is 0.410 e. The molecule has 0 saturated heterocycles. The van der Waals surface area contributed by atoms with Crippen LogP contribution in [0.5, 0.6) is 5.75 Å². The van der Waals surface area contributed by atoms with Gasteiger partial charge in [0, 0.05) is 17.7 Å². The summed E-state index contributed by atoms with van der Waals surface area (Å²) in [4.78, 5) is 24.3. The normalized spacial score (nSPS) is 18.8. The summed E-state index contributed by atoms with van der Waals surface area (Å²) < 4.78 is 50.4. The summed E-state index contributed by atoms with van der Waals surface area (Å²) in [6.07, 6.45) is -4.70. The van der Waals surface area contributed by atoms with Gasteiger partial charge in [0.05, 0.1) is 7.11 Å². The summed E-state index contributed by atoms with van der Waals surface area (Å²) in [7, 11) is 1.49. The van der Waals surface area contributed by atoms with Gasteiger partial charge in [0.2, 0.25) is 0 Å². The maximum atomic E-state index is 13.2. The molecule has 0 bridgehead atoms. The second kappa shape index (κ2) is 7.53. The summed E-state index contributed by atoms with van der Waals surface area (Å²) in [6, 6.07) is 5.13. The van der Waals surface area contributed by atoms with Gasteiger partial charge >= 0.3 is 12.1 Å². The van der Waals surface area contributed by atoms with Crippen LogP contribution in [0, 0.1) is 0 Å². The number of anilines is 1. The number of Topliss-reactive ketones (excluding diaryl/α,β-unsaturated/α-hetero) is 1. The van der Waals surface area contributed by atoms with Crippen molar-refractivity contribution >= 4 is 17.6 Å². The molecule has 3 rings (SSSR count). The van der Waals surface area contributed by atoms with Crippen LogP contribution in [0.1, 0.15) is 40.2 Å². The number of ether oxygens (including phenoxy) is 2. The van der Waals surface area contributed by atoms with E-state index in [4.69, 9.17) is 9.47 Å². The first-order valence-corrected chi connectivity index (χ1v) is 8.46. The molecule has 2 heterocycles. The van der Waals surface area contributed by atoms with E-state index >= 15 is 0 Å². The molecular weight excluding hydrogens is 379 g/mol. The van der Waals surface area contributed by atoms with Crippen molar-refractivity contribution in [3.05, 3.63) is 41.6 Å². The lowest BCUT2D eigenvalue weighted by molar-refractivity contribution is -0.173. The summed E-state index contributed by atoms with van der Waals surface area (Å²) in [5.41, 5.74) is 0.0127. The Hall–Kier alpha value is -3.04. The third-order valence-corrected chi connectivity index (χ3v) is 4.34. The Kier molecular flexibility index (Phi) is 5.30. The second-order valence-electron chi connectivity index (χ2n) is 6.43. The van der Waals surface area contributed by atoms with Crippen molar-refractivity contribution in [1.82, 2.24) is 9.78 Å². The molecule has 0 aliphatic carbocycles. The first kappa shape index (κ1) is 19.7. The zero-order chi connectivity index (χ0) is 20.5. The molecule has 0 radical (unpaired) electrons. The van der Waals surface area contributed by atoms with E-state index in [9.17, 15) is 22.8 Å². The van der Waals surface area contributed by atoms with E-state index in [2.05, 4.69) is 10.4 Å². The highest BCUT2D eigenvalue weighted by Gasteiger charge is 2.45. The van der Waals surface area contributed by atoms with Crippen LogP contribution in [0.15, 0.2) is 30.3 Å². The number of carbonyl (C=O) groups excluding carboxylic acids is 2. The molecular formula is C18H18F3N3O4. The lowest BCUT2D eigenvalue weighted by Crippen LogP contribution is -2.37. The fourth-order valence-corrected chi connectivity index (χ4v) is 2.92. The van der Waals surface area contributed by atoms with E-state index < -0.39 is 36.6 Å². The topological polar surface area (TPSA) is 82.5 Å². The molecule has 0 spiro atoms. The number of alkyl halides is 3. The Labute approximate surface area is 158 Å². The Morgan fingerprint density at radius 2 is 1.96 bits per heavy atom. The number of rotatable bonds is 5. The average Bonchev–Trinajstić information content (AvgIpc) is 3.08. The SMILES string of the molecule is COc1ccc(C(=O)COC(=O)c2cc3n(n2)C(C(F)(F)F)CC(C)N3)cc1. The average molecular weight is 397 g/mol. The third-order valence-electron chi connectivity index (χ3n) is 4.34. The lowest BCUT2D eigenvalue weighted by atomic mass is 10.1. The number of methoxy groups -OCH3 is 1. The van der Waals surface area contributed by atoms with Gasteiger partial charge < -0.3 is 14.8 Å². The van der Waals surface area contributed by atoms with Crippen LogP contribution in [0.3, 0.4) is 0 Å². The standard InChI is InChI=1S/C18H18F3N3O4/c1-10-7-15(18(19,20)21)24-16(22-10)8-13(23-24)17(26)28-9-14(25)11-3-5-12(27-2)6-4-11/h3-6,8,10,15,22H,7,9H2,1-2H3. The molecule has 0 fully saturated rings. The zero-order valence-electron chi connectivity index (χ0n) is 15.1. The van der Waals surface area contributed by atoms with Crippen molar-refractivity contribution in [3.63, 3.8) is 0 Å². The van der Waals surface area contributed by atoms with Gasteiger partial charge in [-0.05, 0) is 37.6 Å². The van der Waals surface area contributed by atoms with Gasteiger partial charge in [-0.3, -0.25) is 4.79 Å². The van der Waals surface area contributed by atoms with Crippen LogP contribution in [0.2, 0.25) is 0 Å². The van der Waals surface area contributed by atoms with Gasteiger partial charge in [-0.25, -0.2) is 9.48 Å². The number of fused-ring (bicyclic) bond motifs is 1. The molecule has 2 unspecified atom stereocenters. The van der Waals surface area contributed by atoms with Crippen LogP contribution in [-0.2, 0) is 4.74 Å². The van der Waals surface area contributed by atoms with Crippen molar-refractivity contribution in [3.8, 4) is 5.75 Å². The first-order valence-electron chi connectivity index (χ1n) is 8.46. The maximum Gasteiger partial charge on any atom is 0.410 e. The predicted octanol–water partition coefficient (Wildman–Crippen LogP) is 3.24. The molecule has 2 aromatic rings. The Bertz CT molecular complexity index is 877. The Balaban J connectivity index is 1.69. The third kappa shape index (κ3) is 4.10. The highest BCUT2D eigenvalue weighted by molar-refractivity contribution is 5.99. The van der Waals surface area contributed by atoms with E-state index in [0.29, 0.717) is 11.3 Å². The minimum absolute atomic E-state index is 0.0782. The fourth-order valence-electron chi connectivity index (χ4n) is 2.92. The number of hydrogen-bond donors (Lipinski definition) is 1. The molecule has 1 N–H and O–H groups in total. The molecule has 7 nitrogen and oxygen atoms in total. The minimum atomic E-state index is -4.50. The number of halogens is 3. The lowest BCUT2D eigenvalue weighted by Gasteiger charge is -2.31. The molecule has 1 aromatic carbocycles. The van der Waals surface area contributed by atoms with Gasteiger partial charge in [-0.2, -0.15) is 18.3 Å². The molecule has 0 saturated carbocycles. The summed E-state index contributed by atoms with van der Waals surface area (Å²) >= 11 is 0. The molecule has 1 aliphatic rings. The molecule has 2 atom stereocenters. The van der Waals surface area contributed by atoms with Crippen LogP contribution >= 0.6 is 0 Å². The number of aromatic nitrogens is 2. The second-order valence-corrected chi connectivity index (χ2v) is 6.43. The number of nitrogens with one attached hydrogen (secondary N) is 1. The maximum absolute atomic E-state index is 13.2. The molecule has 1 aliphatic heterocycles. The van der Waals surface area contributed by atoms with Gasteiger partial charge in [0.25, 0.3) is 0 Å². The number of nitrogens with zero attached hydrogens (tertiary/aromatic N) is 2. The highest BCUT2D eigenvalue weighted by atomic mass is 19.4. The van der Waals surface area contributed by atoms with Crippen molar-refractivity contribution in [2.75, 3.05) is 19.0 Å². The van der Waals surface area contributed by atoms with Gasteiger partial charge in [-0.15, -0.1) is 0 Å². The van der Waals surface area contributed by atoms with Crippen LogP contribution in [0.4, 0.5) is 19.0 Å². The first-order chi connectivity index (χ1) is 13.2. The molecule has 10 heteroatoms. The number of hydrogen-bond acceptors (Lipinski definition) is 6. The van der Waals surface area contributed by atoms with Crippen molar-refractivity contribution in [2.24, 2.45) is 0 Å². The van der Waals surface area contributed by atoms with Crippen molar-refractivity contribution in [1.29, 1.82) is 0 Å². The number of carbonyl (C=O) groups is 2. The van der Waals surface area contributed by atoms with E-state index in [1.54, 1.807) is 19.1 Å². The molecule has 150 valence electrons. The number of ketones is 1. The molecule has 28 heavy (non-hydrogen) atoms. The van der Waals surface area contributed by atoms with E-state index in [0.717, 1.165) is 4.68 Å². The fraction of sp³-hybridized carbons (Fsp3) is 0.389. The minimum Gasteiger partial charge on any atom is -0.497 e. The summed E-state index contributed by atoms with van der Waals surface area (Å²) in [6.45, 7) is 1.06. The predicted molar refractivity (Wildman–Crippen MR) is 92.6 cm³/mol. The van der Waals surface area contributed by atoms with Gasteiger partial charge in [-0.1, -0.05) is 0 Å². The van der Waals surface area contributed by atoms with E-state index in [1.165, 1.54) is 25.3 Å². The summed E-state index contributed by atoms with van der Waals surface area (Å²) in [5.74, 6) is -0.786. The Morgan fingerprint density at radius 3 is 2.57 bits per heavy atom. The van der Waals surface area contributed by atoms with E-state index in [-0.39, 0.29) is 17.9 Å². The van der Waals surface area contributed by atoms with Crippen LogP contribution in [0.25, 0.3) is 0 Å². The quantitative estimate of drug-likeness (QED) is 0.616. The van der Waals surface area contributed by atoms with Crippen molar-refractivity contribution < 1.29 is 32.2 Å². The van der Waals surface area contributed by atoms with Crippen LogP contribution < -0.4 is 10.1 Å². The largest absolute Gasteiger partial charge is 0.497 e. The highest BCUT2D eigenvalue weighted by Crippen LogP contribution is 2.39. The number of benzene rings is 1. The molecule has 1 aromatic heterocycles. The summed E-state index contributed by atoms with van der Waals surface area (Å²) in [5, 5.41) is 6.59. The van der Waals surface area contributed by atoms with Gasteiger partial charge in [0.15, 0.2) is 24.1 Å². The van der Waals surface area contributed by atoms with Gasteiger partial charge in [0.1, 0.15) is 11.6 Å². The van der Waals surface area contributed by atoms with Crippen LogP contribution in [-0.4, -0.2) is 47.5 Å². The van der Waals surface area contributed by atoms with Crippen molar-refractivity contribution in [2.45, 2.75) is 31.6 Å². The van der Waals surface area contributed by atoms with E-state index in [1.807, 2.05) is 0 Å². The molecule has 0 amide bonds.